The summed E-state index contributed by atoms with van der Waals surface area (Å²) in [4.78, 5) is 30.3. The van der Waals surface area contributed by atoms with Crippen LogP contribution >= 0.6 is 0 Å². The highest BCUT2D eigenvalue weighted by Crippen LogP contribution is 2.32. The predicted molar refractivity (Wildman–Crippen MR) is 152 cm³/mol. The van der Waals surface area contributed by atoms with E-state index in [0.29, 0.717) is 26.3 Å². The number of pyridine rings is 1. The van der Waals surface area contributed by atoms with E-state index in [9.17, 15) is 9.59 Å². The monoisotopic (exact) mass is 533 g/mol. The van der Waals surface area contributed by atoms with E-state index in [-0.39, 0.29) is 17.7 Å². The van der Waals surface area contributed by atoms with E-state index in [4.69, 9.17) is 14.2 Å². The summed E-state index contributed by atoms with van der Waals surface area (Å²) in [5.41, 5.74) is 2.58. The summed E-state index contributed by atoms with van der Waals surface area (Å²) in [6.07, 6.45) is 1.38. The molecule has 8 nitrogen and oxygen atoms in total. The maximum absolute atomic E-state index is 13.3. The highest BCUT2D eigenvalue weighted by molar-refractivity contribution is 5.82. The smallest absolute Gasteiger partial charge is 0.410 e. The maximum Gasteiger partial charge on any atom is 0.410 e. The number of amides is 1. The largest absolute Gasteiger partial charge is 0.486 e. The summed E-state index contributed by atoms with van der Waals surface area (Å²) in [6, 6.07) is 15.6. The van der Waals surface area contributed by atoms with Crippen molar-refractivity contribution in [2.75, 3.05) is 32.8 Å². The van der Waals surface area contributed by atoms with E-state index >= 15 is 0 Å². The van der Waals surface area contributed by atoms with Gasteiger partial charge in [0, 0.05) is 50.2 Å². The Morgan fingerprint density at radius 3 is 2.49 bits per heavy atom. The summed E-state index contributed by atoms with van der Waals surface area (Å²) in [7, 11) is 0. The van der Waals surface area contributed by atoms with Crippen molar-refractivity contribution in [3.05, 3.63) is 70.0 Å². The second-order valence-electron chi connectivity index (χ2n) is 11.5. The third-order valence-corrected chi connectivity index (χ3v) is 7.48. The van der Waals surface area contributed by atoms with Crippen LogP contribution < -0.4 is 15.0 Å². The van der Waals surface area contributed by atoms with Gasteiger partial charge in [-0.25, -0.2) is 4.79 Å². The third kappa shape index (κ3) is 6.38. The van der Waals surface area contributed by atoms with Crippen LogP contribution in [0.1, 0.15) is 44.7 Å². The fourth-order valence-electron chi connectivity index (χ4n) is 5.45. The minimum absolute atomic E-state index is 0.0264. The summed E-state index contributed by atoms with van der Waals surface area (Å²) < 4.78 is 19.1. The van der Waals surface area contributed by atoms with E-state index < -0.39 is 5.60 Å². The van der Waals surface area contributed by atoms with Crippen LogP contribution in [0.5, 0.6) is 11.5 Å². The van der Waals surface area contributed by atoms with E-state index in [0.717, 1.165) is 60.4 Å². The summed E-state index contributed by atoms with van der Waals surface area (Å²) in [6.45, 7) is 12.4. The number of fused-ring (bicyclic) bond motifs is 2. The molecule has 0 saturated carbocycles. The van der Waals surface area contributed by atoms with Gasteiger partial charge in [-0.15, -0.1) is 0 Å². The first-order chi connectivity index (χ1) is 18.7. The number of carbonyl (C=O) groups is 1. The molecule has 2 aliphatic heterocycles. The Kier molecular flexibility index (Phi) is 7.84. The average molecular weight is 534 g/mol. The molecular weight excluding hydrogens is 494 g/mol. The first kappa shape index (κ1) is 27.1. The minimum atomic E-state index is -0.576. The lowest BCUT2D eigenvalue weighted by molar-refractivity contribution is 0.00562. The molecule has 2 aromatic carbocycles. The molecule has 1 fully saturated rings. The van der Waals surface area contributed by atoms with Crippen LogP contribution in [-0.2, 0) is 17.8 Å². The third-order valence-electron chi connectivity index (χ3n) is 7.48. The molecule has 0 spiro atoms. The van der Waals surface area contributed by atoms with Gasteiger partial charge in [-0.2, -0.15) is 0 Å². The zero-order chi connectivity index (χ0) is 27.6. The Balaban J connectivity index is 1.26. The van der Waals surface area contributed by atoms with Crippen molar-refractivity contribution in [1.82, 2.24) is 14.4 Å². The molecule has 3 aromatic rings. The van der Waals surface area contributed by atoms with Gasteiger partial charge in [-0.3, -0.25) is 4.79 Å². The Bertz CT molecular complexity index is 1390. The molecule has 0 N–H and O–H groups in total. The second-order valence-corrected chi connectivity index (χ2v) is 11.5. The fraction of sp³-hybridized carbons (Fsp3) is 0.484. The molecule has 1 aromatic heterocycles. The van der Waals surface area contributed by atoms with E-state index in [1.807, 2.05) is 66.6 Å². The SMILES string of the molecule is Cc1cccc2c1ccc(=O)n2CCN1CCC(N(Cc2ccc3c(c2)OCCO3)C(=O)OC(C)(C)C)CC1. The van der Waals surface area contributed by atoms with Gasteiger partial charge in [0.2, 0.25) is 0 Å². The fourth-order valence-corrected chi connectivity index (χ4v) is 5.45. The van der Waals surface area contributed by atoms with Crippen molar-refractivity contribution in [2.45, 2.75) is 65.3 Å². The van der Waals surface area contributed by atoms with E-state index in [2.05, 4.69) is 17.9 Å². The van der Waals surface area contributed by atoms with Gasteiger partial charge in [0.1, 0.15) is 18.8 Å². The number of aromatic nitrogens is 1. The van der Waals surface area contributed by atoms with Crippen LogP contribution in [-0.4, -0.2) is 65.0 Å². The van der Waals surface area contributed by atoms with Crippen molar-refractivity contribution in [1.29, 1.82) is 0 Å². The lowest BCUT2D eigenvalue weighted by atomic mass is 10.0. The zero-order valence-electron chi connectivity index (χ0n) is 23.4. The normalized spacial score (nSPS) is 16.3. The van der Waals surface area contributed by atoms with Gasteiger partial charge in [-0.05, 0) is 75.9 Å². The van der Waals surface area contributed by atoms with Crippen molar-refractivity contribution in [3.63, 3.8) is 0 Å². The Morgan fingerprint density at radius 1 is 1.00 bits per heavy atom. The van der Waals surface area contributed by atoms with Gasteiger partial charge < -0.3 is 28.6 Å². The first-order valence-electron chi connectivity index (χ1n) is 13.9. The Hall–Kier alpha value is -3.52. The van der Waals surface area contributed by atoms with Gasteiger partial charge in [-0.1, -0.05) is 18.2 Å². The van der Waals surface area contributed by atoms with Gasteiger partial charge in [0.15, 0.2) is 11.5 Å². The molecule has 0 aliphatic carbocycles. The molecule has 2 aliphatic rings. The van der Waals surface area contributed by atoms with Crippen LogP contribution in [0.25, 0.3) is 10.9 Å². The van der Waals surface area contributed by atoms with Crippen molar-refractivity contribution in [2.24, 2.45) is 0 Å². The molecule has 1 amide bonds. The number of likely N-dealkylation sites (tertiary alicyclic amines) is 1. The Morgan fingerprint density at radius 2 is 1.74 bits per heavy atom. The lowest BCUT2D eigenvalue weighted by Gasteiger charge is -2.39. The van der Waals surface area contributed by atoms with Gasteiger partial charge in [0.05, 0.1) is 5.52 Å². The van der Waals surface area contributed by atoms with Crippen LogP contribution in [0.3, 0.4) is 0 Å². The maximum atomic E-state index is 13.3. The highest BCUT2D eigenvalue weighted by atomic mass is 16.6. The van der Waals surface area contributed by atoms with Crippen molar-refractivity contribution >= 4 is 17.0 Å². The molecule has 0 atom stereocenters. The zero-order valence-corrected chi connectivity index (χ0v) is 23.4. The number of hydrogen-bond acceptors (Lipinski definition) is 6. The summed E-state index contributed by atoms with van der Waals surface area (Å²) >= 11 is 0. The number of nitrogens with zero attached hydrogens (tertiary/aromatic N) is 3. The number of rotatable bonds is 6. The van der Waals surface area contributed by atoms with Crippen molar-refractivity contribution in [3.8, 4) is 11.5 Å². The van der Waals surface area contributed by atoms with Gasteiger partial charge >= 0.3 is 6.09 Å². The number of piperidine rings is 1. The summed E-state index contributed by atoms with van der Waals surface area (Å²) in [5, 5.41) is 1.11. The van der Waals surface area contributed by atoms with Crippen LogP contribution in [0.15, 0.2) is 53.3 Å². The topological polar surface area (TPSA) is 73.2 Å². The quantitative estimate of drug-likeness (QED) is 0.445. The molecule has 1 saturated heterocycles. The molecule has 0 unspecified atom stereocenters. The van der Waals surface area contributed by atoms with Crippen LogP contribution in [0.4, 0.5) is 4.79 Å². The number of ether oxygens (including phenoxy) is 3. The van der Waals surface area contributed by atoms with Crippen LogP contribution in [0.2, 0.25) is 0 Å². The molecule has 0 bridgehead atoms. The van der Waals surface area contributed by atoms with Crippen LogP contribution in [0, 0.1) is 6.92 Å². The predicted octanol–water partition coefficient (Wildman–Crippen LogP) is 4.98. The molecule has 8 heteroatoms. The number of hydrogen-bond donors (Lipinski definition) is 0. The number of carbonyl (C=O) groups excluding carboxylic acids is 1. The van der Waals surface area contributed by atoms with Gasteiger partial charge in [0.25, 0.3) is 5.56 Å². The van der Waals surface area contributed by atoms with E-state index in [1.165, 1.54) is 5.56 Å². The second kappa shape index (κ2) is 11.3. The number of aryl methyl sites for hydroxylation is 1. The first-order valence-corrected chi connectivity index (χ1v) is 13.9. The van der Waals surface area contributed by atoms with Crippen molar-refractivity contribution < 1.29 is 19.0 Å². The van der Waals surface area contributed by atoms with E-state index in [1.54, 1.807) is 6.07 Å². The standard InChI is InChI=1S/C31H39N3O5/c1-22-6-5-7-26-25(22)9-11-29(35)33(26)17-16-32-14-12-24(13-15-32)34(30(36)39-31(2,3)4)21-23-8-10-27-28(20-23)38-19-18-37-27/h5-11,20,24H,12-19,21H2,1-4H3. The highest BCUT2D eigenvalue weighted by Gasteiger charge is 2.31. The molecule has 5 rings (SSSR count). The Labute approximate surface area is 230 Å². The lowest BCUT2D eigenvalue weighted by Crippen LogP contribution is -2.49. The number of benzene rings is 2. The molecule has 208 valence electrons. The minimum Gasteiger partial charge on any atom is -0.486 e. The molecule has 0 radical (unpaired) electrons. The summed E-state index contributed by atoms with van der Waals surface area (Å²) in [5.74, 6) is 1.46. The molecule has 39 heavy (non-hydrogen) atoms. The average Bonchev–Trinajstić information content (AvgIpc) is 2.90. The molecular formula is C31H39N3O5. The molecule has 3 heterocycles.